The summed E-state index contributed by atoms with van der Waals surface area (Å²) in [6.45, 7) is 4.83. The maximum atomic E-state index is 14.1. The molecule has 0 saturated carbocycles. The number of hydrogen-bond acceptors (Lipinski definition) is 9. The molecule has 2 aromatic carbocycles. The molecular weight excluding hydrogens is 692 g/mol. The number of aliphatic hydroxyl groups excluding tert-OH is 1. The van der Waals surface area contributed by atoms with Gasteiger partial charge in [-0.1, -0.05) is 35.9 Å². The van der Waals surface area contributed by atoms with Gasteiger partial charge in [-0.2, -0.15) is 5.10 Å². The Kier molecular flexibility index (Phi) is 8.85. The number of carboxylic acid groups (broad SMARTS) is 1. The van der Waals surface area contributed by atoms with E-state index in [0.717, 1.165) is 90.0 Å². The number of aryl methyl sites for hydroxylation is 1. The minimum Gasteiger partial charge on any atom is -0.481 e. The van der Waals surface area contributed by atoms with Gasteiger partial charge in [-0.3, -0.25) is 29.1 Å². The van der Waals surface area contributed by atoms with E-state index < -0.39 is 5.97 Å². The van der Waals surface area contributed by atoms with E-state index in [-0.39, 0.29) is 24.0 Å². The summed E-state index contributed by atoms with van der Waals surface area (Å²) in [5, 5.41) is 29.2. The Hall–Kier alpha value is -4.88. The van der Waals surface area contributed by atoms with Crippen molar-refractivity contribution in [3.63, 3.8) is 0 Å². The van der Waals surface area contributed by atoms with Crippen molar-refractivity contribution in [2.75, 3.05) is 42.9 Å². The number of aromatic nitrogens is 4. The Morgan fingerprint density at radius 3 is 2.64 bits per heavy atom. The quantitative estimate of drug-likeness (QED) is 0.177. The Morgan fingerprint density at radius 1 is 0.943 bits per heavy atom. The lowest BCUT2D eigenvalue weighted by Gasteiger charge is -2.31. The molecular formula is C40H41ClN8O4. The molecule has 3 aromatic heterocycles. The lowest BCUT2D eigenvalue weighted by Crippen LogP contribution is -2.32. The van der Waals surface area contributed by atoms with Crippen LogP contribution in [0.2, 0.25) is 5.02 Å². The molecule has 2 fully saturated rings. The average molecular weight is 733 g/mol. The molecule has 1 unspecified atom stereocenters. The summed E-state index contributed by atoms with van der Waals surface area (Å²) in [5.41, 5.74) is 7.69. The van der Waals surface area contributed by atoms with Gasteiger partial charge < -0.3 is 20.4 Å². The summed E-state index contributed by atoms with van der Waals surface area (Å²) in [4.78, 5) is 41.4. The Labute approximate surface area is 312 Å². The second-order valence-corrected chi connectivity index (χ2v) is 15.1. The van der Waals surface area contributed by atoms with Gasteiger partial charge in [-0.05, 0) is 85.7 Å². The van der Waals surface area contributed by atoms with Gasteiger partial charge >= 0.3 is 5.97 Å². The molecule has 13 heteroatoms. The van der Waals surface area contributed by atoms with Gasteiger partial charge in [-0.15, -0.1) is 0 Å². The van der Waals surface area contributed by atoms with Gasteiger partial charge in [0.1, 0.15) is 5.52 Å². The van der Waals surface area contributed by atoms with Gasteiger partial charge in [0.2, 0.25) is 0 Å². The molecule has 5 aromatic rings. The number of carboxylic acids is 1. The number of amides is 1. The summed E-state index contributed by atoms with van der Waals surface area (Å²) < 4.78 is 1.95. The first-order valence-electron chi connectivity index (χ1n) is 18.5. The number of halogens is 1. The Balaban J connectivity index is 0.955. The van der Waals surface area contributed by atoms with E-state index in [1.54, 1.807) is 6.20 Å². The maximum Gasteiger partial charge on any atom is 0.307 e. The largest absolute Gasteiger partial charge is 0.481 e. The molecule has 272 valence electrons. The highest BCUT2D eigenvalue weighted by Crippen LogP contribution is 2.43. The first kappa shape index (κ1) is 33.9. The SMILES string of the molecule is O=C(O)[C@@H]1CCN(C2CCCn3nc(C(=O)N4CCc5c(-c6cccc(Nc7nccc8cc(CN9CC[C@@H](O)C9)cnc78)c6Cl)cccc54)cc32)C1. The number of carbonyl (C=O) groups is 2. The predicted molar refractivity (Wildman–Crippen MR) is 203 cm³/mol. The van der Waals surface area contributed by atoms with E-state index in [9.17, 15) is 19.8 Å². The average Bonchev–Trinajstić information content (AvgIpc) is 3.98. The predicted octanol–water partition coefficient (Wildman–Crippen LogP) is 5.90. The molecule has 0 aliphatic carbocycles. The van der Waals surface area contributed by atoms with Crippen molar-refractivity contribution in [3.05, 3.63) is 94.5 Å². The molecule has 3 atom stereocenters. The molecule has 0 bridgehead atoms. The fourth-order valence-corrected chi connectivity index (χ4v) is 8.98. The van der Waals surface area contributed by atoms with Crippen molar-refractivity contribution in [1.29, 1.82) is 0 Å². The van der Waals surface area contributed by atoms with Crippen molar-refractivity contribution in [2.45, 2.75) is 57.3 Å². The second kappa shape index (κ2) is 13.8. The highest BCUT2D eigenvalue weighted by molar-refractivity contribution is 6.36. The van der Waals surface area contributed by atoms with Gasteiger partial charge in [0.25, 0.3) is 5.91 Å². The lowest BCUT2D eigenvalue weighted by atomic mass is 9.97. The fraction of sp³-hybridized carbons (Fsp3) is 0.375. The van der Waals surface area contributed by atoms with Crippen molar-refractivity contribution in [2.24, 2.45) is 5.92 Å². The molecule has 0 spiro atoms. The van der Waals surface area contributed by atoms with E-state index >= 15 is 0 Å². The number of rotatable bonds is 8. The van der Waals surface area contributed by atoms with Crippen LogP contribution in [0.15, 0.2) is 67.0 Å². The topological polar surface area (TPSA) is 140 Å². The number of carbonyl (C=O) groups excluding carboxylic acids is 1. The zero-order valence-electron chi connectivity index (χ0n) is 29.3. The summed E-state index contributed by atoms with van der Waals surface area (Å²) in [5.74, 6) is -0.620. The molecule has 4 aliphatic heterocycles. The smallest absolute Gasteiger partial charge is 0.307 e. The number of aliphatic hydroxyl groups is 1. The van der Waals surface area contributed by atoms with Crippen LogP contribution in [0.25, 0.3) is 22.0 Å². The van der Waals surface area contributed by atoms with E-state index in [0.29, 0.717) is 54.7 Å². The molecule has 12 nitrogen and oxygen atoms in total. The number of aliphatic carboxylic acids is 1. The third-order valence-corrected chi connectivity index (χ3v) is 11.8. The van der Waals surface area contributed by atoms with Crippen LogP contribution >= 0.6 is 11.6 Å². The number of nitrogens with zero attached hydrogens (tertiary/aromatic N) is 7. The van der Waals surface area contributed by atoms with Crippen molar-refractivity contribution in [3.8, 4) is 11.1 Å². The molecule has 0 radical (unpaired) electrons. The van der Waals surface area contributed by atoms with Crippen LogP contribution < -0.4 is 10.2 Å². The van der Waals surface area contributed by atoms with E-state index in [2.05, 4.69) is 32.2 Å². The van der Waals surface area contributed by atoms with Crippen LogP contribution in [-0.2, 0) is 24.3 Å². The third-order valence-electron chi connectivity index (χ3n) is 11.4. The van der Waals surface area contributed by atoms with Gasteiger partial charge in [0, 0.05) is 68.3 Å². The number of anilines is 3. The van der Waals surface area contributed by atoms with Crippen LogP contribution in [0.4, 0.5) is 17.2 Å². The minimum absolute atomic E-state index is 0.0654. The standard InChI is InChI=1S/C40H41ClN8O4/c41-36-30(5-1-6-31(36)44-38-37-25(9-13-42-38)18-24(20-43-37)21-46-15-11-27(50)23-46)28-4-2-7-33-29(28)12-17-48(33)39(51)32-19-35-34(8-3-14-49(35)45-32)47-16-10-26(22-47)40(52)53/h1-2,4-7,9,13,18-20,26-27,34,50H,3,8,10-12,14-17,21-23H2,(H,42,44)(H,52,53)/t26-,27-,34?/m1/s1. The van der Waals surface area contributed by atoms with Crippen LogP contribution in [-0.4, -0.2) is 90.5 Å². The van der Waals surface area contributed by atoms with Crippen LogP contribution in [0.3, 0.4) is 0 Å². The van der Waals surface area contributed by atoms with Gasteiger partial charge in [0.05, 0.1) is 34.5 Å². The second-order valence-electron chi connectivity index (χ2n) is 14.7. The number of pyridine rings is 2. The molecule has 1 amide bonds. The highest BCUT2D eigenvalue weighted by atomic mass is 35.5. The van der Waals surface area contributed by atoms with Crippen molar-refractivity contribution < 1.29 is 19.8 Å². The number of hydrogen-bond donors (Lipinski definition) is 3. The normalized spacial score (nSPS) is 21.6. The van der Waals surface area contributed by atoms with Crippen LogP contribution in [0.5, 0.6) is 0 Å². The molecule has 9 rings (SSSR count). The molecule has 4 aliphatic rings. The number of benzene rings is 2. The fourth-order valence-electron chi connectivity index (χ4n) is 8.70. The Bertz CT molecular complexity index is 2240. The van der Waals surface area contributed by atoms with Crippen molar-refractivity contribution >= 4 is 51.6 Å². The number of nitrogens with one attached hydrogen (secondary N) is 1. The zero-order chi connectivity index (χ0) is 36.2. The molecule has 7 heterocycles. The third kappa shape index (κ3) is 6.33. The van der Waals surface area contributed by atoms with Crippen LogP contribution in [0.1, 0.15) is 59.0 Å². The monoisotopic (exact) mass is 732 g/mol. The van der Waals surface area contributed by atoms with Gasteiger partial charge in [-0.25, -0.2) is 4.98 Å². The molecule has 53 heavy (non-hydrogen) atoms. The minimum atomic E-state index is -0.742. The van der Waals surface area contributed by atoms with E-state index in [4.69, 9.17) is 21.7 Å². The van der Waals surface area contributed by atoms with Crippen LogP contribution in [0, 0.1) is 5.92 Å². The summed E-state index contributed by atoms with van der Waals surface area (Å²) in [6, 6.07) is 18.0. The number of fused-ring (bicyclic) bond motifs is 3. The summed E-state index contributed by atoms with van der Waals surface area (Å²) in [6.07, 6.45) is 7.36. The first-order chi connectivity index (χ1) is 25.8. The first-order valence-corrected chi connectivity index (χ1v) is 18.9. The van der Waals surface area contributed by atoms with E-state index in [1.165, 1.54) is 0 Å². The van der Waals surface area contributed by atoms with Gasteiger partial charge in [0.15, 0.2) is 11.5 Å². The number of likely N-dealkylation sites (tertiary alicyclic amines) is 2. The Morgan fingerprint density at radius 2 is 1.81 bits per heavy atom. The number of β-amino-alcohol motifs (C(OH)–C–C–N with tert-alkyl or cyclic N) is 1. The summed E-state index contributed by atoms with van der Waals surface area (Å²) in [7, 11) is 0. The molecule has 3 N–H and O–H groups in total. The zero-order valence-corrected chi connectivity index (χ0v) is 30.0. The maximum absolute atomic E-state index is 14.1. The highest BCUT2D eigenvalue weighted by Gasteiger charge is 2.37. The molecule has 2 saturated heterocycles. The van der Waals surface area contributed by atoms with Crippen molar-refractivity contribution in [1.82, 2.24) is 29.5 Å². The summed E-state index contributed by atoms with van der Waals surface area (Å²) >= 11 is 7.16. The lowest BCUT2D eigenvalue weighted by molar-refractivity contribution is -0.141. The van der Waals surface area contributed by atoms with E-state index in [1.807, 2.05) is 58.2 Å².